The lowest BCUT2D eigenvalue weighted by Gasteiger charge is -2.33. The predicted octanol–water partition coefficient (Wildman–Crippen LogP) is 3.36. The molecule has 68 valence electrons. The zero-order valence-electron chi connectivity index (χ0n) is 7.86. The fourth-order valence-electron chi connectivity index (χ4n) is 1.98. The van der Waals surface area contributed by atoms with Gasteiger partial charge in [0, 0.05) is 12.8 Å². The van der Waals surface area contributed by atoms with Crippen LogP contribution in [0, 0.1) is 6.57 Å². The fourth-order valence-corrected chi connectivity index (χ4v) is 1.98. The lowest BCUT2D eigenvalue weighted by molar-refractivity contribution is 0.0909. The molecule has 0 unspecified atom stereocenters. The monoisotopic (exact) mass is 169 g/mol. The molecule has 0 bridgehead atoms. The maximum absolute atomic E-state index is 13.7. The van der Waals surface area contributed by atoms with Gasteiger partial charge in [0.25, 0.3) is 5.54 Å². The van der Waals surface area contributed by atoms with Crippen molar-refractivity contribution < 1.29 is 4.39 Å². The summed E-state index contributed by atoms with van der Waals surface area (Å²) in [6, 6.07) is 0. The molecule has 0 saturated heterocycles. The summed E-state index contributed by atoms with van der Waals surface area (Å²) < 4.78 is 13.7. The van der Waals surface area contributed by atoms with Gasteiger partial charge < -0.3 is 4.85 Å². The van der Waals surface area contributed by atoms with Crippen LogP contribution in [0.3, 0.4) is 0 Å². The summed E-state index contributed by atoms with van der Waals surface area (Å²) >= 11 is 0. The minimum atomic E-state index is -1.34. The number of hydrogen-bond donors (Lipinski definition) is 0. The highest BCUT2D eigenvalue weighted by Crippen LogP contribution is 2.42. The van der Waals surface area contributed by atoms with Crippen molar-refractivity contribution in [1.29, 1.82) is 0 Å². The third kappa shape index (κ3) is 1.46. The average Bonchev–Trinajstić information content (AvgIpc) is 2.04. The van der Waals surface area contributed by atoms with Gasteiger partial charge in [-0.05, 0) is 26.7 Å². The van der Waals surface area contributed by atoms with E-state index in [2.05, 4.69) is 4.85 Å². The van der Waals surface area contributed by atoms with Gasteiger partial charge >= 0.3 is 0 Å². The zero-order chi connectivity index (χ0) is 9.24. The standard InChI is InChI=1S/C10H16FN/c1-9(2,11)10(12-3)7-5-4-6-8-10/h4-8H2,1-2H3. The van der Waals surface area contributed by atoms with Gasteiger partial charge in [-0.25, -0.2) is 11.0 Å². The van der Waals surface area contributed by atoms with Crippen LogP contribution in [-0.4, -0.2) is 11.2 Å². The second-order valence-electron chi connectivity index (χ2n) is 4.18. The zero-order valence-corrected chi connectivity index (χ0v) is 7.86. The van der Waals surface area contributed by atoms with Gasteiger partial charge in [0.05, 0.1) is 0 Å². The maximum atomic E-state index is 13.7. The van der Waals surface area contributed by atoms with Crippen molar-refractivity contribution in [3.63, 3.8) is 0 Å². The second-order valence-corrected chi connectivity index (χ2v) is 4.18. The van der Waals surface area contributed by atoms with E-state index in [4.69, 9.17) is 6.57 Å². The van der Waals surface area contributed by atoms with Crippen LogP contribution in [-0.2, 0) is 0 Å². The van der Waals surface area contributed by atoms with Crippen LogP contribution >= 0.6 is 0 Å². The summed E-state index contributed by atoms with van der Waals surface area (Å²) in [5.74, 6) is 0. The molecule has 0 aromatic carbocycles. The molecule has 1 aliphatic carbocycles. The molecule has 0 aliphatic heterocycles. The first-order valence-electron chi connectivity index (χ1n) is 4.59. The summed E-state index contributed by atoms with van der Waals surface area (Å²) in [6.45, 7) is 10.2. The van der Waals surface area contributed by atoms with E-state index in [0.29, 0.717) is 0 Å². The lowest BCUT2D eigenvalue weighted by atomic mass is 9.73. The Bertz CT molecular complexity index is 191. The van der Waals surface area contributed by atoms with Crippen molar-refractivity contribution in [2.24, 2.45) is 0 Å². The van der Waals surface area contributed by atoms with Gasteiger partial charge in [-0.1, -0.05) is 6.42 Å². The summed E-state index contributed by atoms with van der Waals surface area (Å²) in [4.78, 5) is 3.53. The molecule has 1 nitrogen and oxygen atoms in total. The highest BCUT2D eigenvalue weighted by atomic mass is 19.1. The van der Waals surface area contributed by atoms with Crippen LogP contribution in [0.15, 0.2) is 0 Å². The van der Waals surface area contributed by atoms with Crippen molar-refractivity contribution in [2.45, 2.75) is 57.2 Å². The van der Waals surface area contributed by atoms with Crippen LogP contribution < -0.4 is 0 Å². The molecule has 0 spiro atoms. The Labute approximate surface area is 73.8 Å². The second kappa shape index (κ2) is 3.05. The molecule has 0 N–H and O–H groups in total. The lowest BCUT2D eigenvalue weighted by Crippen LogP contribution is -2.45. The van der Waals surface area contributed by atoms with Crippen molar-refractivity contribution in [3.05, 3.63) is 11.4 Å². The Hall–Kier alpha value is -0.580. The molecular weight excluding hydrogens is 153 g/mol. The summed E-state index contributed by atoms with van der Waals surface area (Å²) in [5, 5.41) is 0. The molecule has 1 fully saturated rings. The fraction of sp³-hybridized carbons (Fsp3) is 0.900. The van der Waals surface area contributed by atoms with Crippen LogP contribution in [0.2, 0.25) is 0 Å². The van der Waals surface area contributed by atoms with Crippen LogP contribution in [0.5, 0.6) is 0 Å². The number of alkyl halides is 1. The maximum Gasteiger partial charge on any atom is 0.265 e. The van der Waals surface area contributed by atoms with E-state index in [1.807, 2.05) is 0 Å². The smallest absolute Gasteiger partial charge is 0.265 e. The number of rotatable bonds is 1. The SMILES string of the molecule is [C-]#[N+]C1(C(C)(C)F)CCCCC1. The van der Waals surface area contributed by atoms with E-state index in [-0.39, 0.29) is 0 Å². The van der Waals surface area contributed by atoms with Gasteiger partial charge in [0.1, 0.15) is 0 Å². The Morgan fingerprint density at radius 1 is 1.25 bits per heavy atom. The highest BCUT2D eigenvalue weighted by molar-refractivity contribution is 5.10. The summed E-state index contributed by atoms with van der Waals surface area (Å²) in [6.07, 6.45) is 4.65. The third-order valence-corrected chi connectivity index (χ3v) is 3.00. The van der Waals surface area contributed by atoms with Gasteiger partial charge in [0.15, 0.2) is 5.67 Å². The highest BCUT2D eigenvalue weighted by Gasteiger charge is 2.52. The van der Waals surface area contributed by atoms with Crippen molar-refractivity contribution >= 4 is 0 Å². The Balaban J connectivity index is 2.83. The first-order valence-corrected chi connectivity index (χ1v) is 4.59. The Kier molecular flexibility index (Phi) is 2.41. The molecule has 0 aromatic rings. The minimum absolute atomic E-state index is 0.717. The van der Waals surface area contributed by atoms with E-state index < -0.39 is 11.2 Å². The van der Waals surface area contributed by atoms with Gasteiger partial charge in [-0.2, -0.15) is 0 Å². The molecule has 1 saturated carbocycles. The van der Waals surface area contributed by atoms with Crippen LogP contribution in [0.1, 0.15) is 46.0 Å². The van der Waals surface area contributed by atoms with Gasteiger partial charge in [-0.3, -0.25) is 0 Å². The quantitative estimate of drug-likeness (QED) is 0.530. The van der Waals surface area contributed by atoms with E-state index >= 15 is 0 Å². The molecule has 1 rings (SSSR count). The van der Waals surface area contributed by atoms with Crippen molar-refractivity contribution in [2.75, 3.05) is 0 Å². The molecule has 0 heterocycles. The van der Waals surface area contributed by atoms with Crippen molar-refractivity contribution in [3.8, 4) is 0 Å². The van der Waals surface area contributed by atoms with Crippen LogP contribution in [0.25, 0.3) is 4.85 Å². The topological polar surface area (TPSA) is 4.36 Å². The van der Waals surface area contributed by atoms with Gasteiger partial charge in [0.2, 0.25) is 0 Å². The molecule has 0 radical (unpaired) electrons. The van der Waals surface area contributed by atoms with Crippen LogP contribution in [0.4, 0.5) is 4.39 Å². The first kappa shape index (κ1) is 9.51. The molecule has 2 heteroatoms. The predicted molar refractivity (Wildman–Crippen MR) is 47.6 cm³/mol. The molecule has 0 aromatic heterocycles. The minimum Gasteiger partial charge on any atom is -0.307 e. The Morgan fingerprint density at radius 3 is 2.00 bits per heavy atom. The first-order chi connectivity index (χ1) is 5.52. The molecular formula is C10H16FN. The molecule has 0 atom stereocenters. The molecule has 12 heavy (non-hydrogen) atoms. The van der Waals surface area contributed by atoms with Crippen molar-refractivity contribution in [1.82, 2.24) is 0 Å². The normalized spacial score (nSPS) is 23.2. The number of hydrogen-bond acceptors (Lipinski definition) is 0. The number of halogens is 1. The average molecular weight is 169 g/mol. The molecule has 1 aliphatic rings. The largest absolute Gasteiger partial charge is 0.307 e. The van der Waals surface area contributed by atoms with E-state index in [0.717, 1.165) is 32.1 Å². The van der Waals surface area contributed by atoms with E-state index in [9.17, 15) is 4.39 Å². The summed E-state index contributed by atoms with van der Waals surface area (Å²) in [7, 11) is 0. The Morgan fingerprint density at radius 2 is 1.75 bits per heavy atom. The molecule has 0 amide bonds. The van der Waals surface area contributed by atoms with Gasteiger partial charge in [-0.15, -0.1) is 0 Å². The number of nitrogens with zero attached hydrogens (tertiary/aromatic N) is 1. The third-order valence-electron chi connectivity index (χ3n) is 3.00. The van der Waals surface area contributed by atoms with E-state index in [1.54, 1.807) is 0 Å². The summed E-state index contributed by atoms with van der Waals surface area (Å²) in [5.41, 5.74) is -2.06. The van der Waals surface area contributed by atoms with E-state index in [1.165, 1.54) is 13.8 Å².